The Labute approximate surface area is 210 Å². The summed E-state index contributed by atoms with van der Waals surface area (Å²) in [5.41, 5.74) is -1.15. The molecule has 0 N–H and O–H groups in total. The van der Waals surface area contributed by atoms with Gasteiger partial charge in [0.2, 0.25) is 0 Å². The van der Waals surface area contributed by atoms with Crippen molar-refractivity contribution in [2.24, 2.45) is 0 Å². The Hall–Kier alpha value is -4.45. The number of ketones is 1. The molecule has 11 nitrogen and oxygen atoms in total. The molecule has 4 rings (SSSR count). The second kappa shape index (κ2) is 9.90. The number of hydrogen-bond donors (Lipinski definition) is 0. The molecule has 0 bridgehead atoms. The molecule has 0 radical (unpaired) electrons. The Bertz CT molecular complexity index is 1580. The average molecular weight is 525 g/mol. The minimum atomic E-state index is -3.63. The van der Waals surface area contributed by atoms with E-state index in [9.17, 15) is 37.7 Å². The number of sulfone groups is 1. The molecule has 1 heterocycles. The van der Waals surface area contributed by atoms with E-state index in [-0.39, 0.29) is 11.1 Å². The fourth-order valence-electron chi connectivity index (χ4n) is 4.08. The zero-order valence-corrected chi connectivity index (χ0v) is 20.3. The summed E-state index contributed by atoms with van der Waals surface area (Å²) < 4.78 is 28.7. The Kier molecular flexibility index (Phi) is 6.86. The molecule has 0 aromatic heterocycles. The second-order valence-electron chi connectivity index (χ2n) is 8.46. The number of rotatable bonds is 9. The lowest BCUT2D eigenvalue weighted by Crippen LogP contribution is -2.47. The first-order valence-corrected chi connectivity index (χ1v) is 13.1. The highest BCUT2D eigenvalue weighted by molar-refractivity contribution is 7.90. The standard InChI is InChI=1S/C25H20N2O9S/c1-37(34,35)12-11-20(26-23(29)18-7-4-8-19(27(32)33)22(18)24(26)30)25(31)36-14-21(28)17-10-9-15-5-2-3-6-16(15)13-17/h2-10,13,20H,11-12,14H2,1H3/t20-/m0/s1. The van der Waals surface area contributed by atoms with Crippen LogP contribution in [0.15, 0.2) is 60.7 Å². The smallest absolute Gasteiger partial charge is 0.329 e. The van der Waals surface area contributed by atoms with Gasteiger partial charge >= 0.3 is 5.97 Å². The fraction of sp³-hybridized carbons (Fsp3) is 0.200. The minimum absolute atomic E-state index is 0.260. The summed E-state index contributed by atoms with van der Waals surface area (Å²) >= 11 is 0. The van der Waals surface area contributed by atoms with E-state index in [4.69, 9.17) is 4.74 Å². The molecule has 0 aliphatic carbocycles. The molecule has 2 amide bonds. The van der Waals surface area contributed by atoms with Crippen LogP contribution in [0.3, 0.4) is 0 Å². The zero-order chi connectivity index (χ0) is 26.9. The topological polar surface area (TPSA) is 158 Å². The summed E-state index contributed by atoms with van der Waals surface area (Å²) in [6.07, 6.45) is 0.396. The van der Waals surface area contributed by atoms with E-state index in [0.29, 0.717) is 4.90 Å². The summed E-state index contributed by atoms with van der Waals surface area (Å²) in [4.78, 5) is 62.8. The number of imide groups is 1. The highest BCUT2D eigenvalue weighted by Gasteiger charge is 2.47. The van der Waals surface area contributed by atoms with E-state index in [1.165, 1.54) is 12.1 Å². The number of Topliss-reactive ketones (excluding diaryl/α,β-unsaturated/α-hetero) is 1. The van der Waals surface area contributed by atoms with Crippen LogP contribution in [0.4, 0.5) is 5.69 Å². The Morgan fingerprint density at radius 1 is 1.00 bits per heavy atom. The Morgan fingerprint density at radius 3 is 2.38 bits per heavy atom. The van der Waals surface area contributed by atoms with Crippen LogP contribution in [0.1, 0.15) is 37.5 Å². The SMILES string of the molecule is CS(=O)(=O)CC[C@@H](C(=O)OCC(=O)c1ccc2ccccc2c1)N1C(=O)c2cccc([N+](=O)[O-])c2C1=O. The quantitative estimate of drug-likeness (QED) is 0.135. The van der Waals surface area contributed by atoms with Gasteiger partial charge in [-0.1, -0.05) is 42.5 Å². The summed E-state index contributed by atoms with van der Waals surface area (Å²) in [5.74, 6) is -4.45. The number of carbonyl (C=O) groups excluding carboxylic acids is 4. The largest absolute Gasteiger partial charge is 0.456 e. The molecule has 1 aliphatic heterocycles. The molecule has 1 aliphatic rings. The van der Waals surface area contributed by atoms with Crippen LogP contribution in [0, 0.1) is 10.1 Å². The molecular weight excluding hydrogens is 504 g/mol. The van der Waals surface area contributed by atoms with Gasteiger partial charge in [0.05, 0.1) is 16.2 Å². The highest BCUT2D eigenvalue weighted by atomic mass is 32.2. The van der Waals surface area contributed by atoms with E-state index in [0.717, 1.165) is 23.1 Å². The average Bonchev–Trinajstić information content (AvgIpc) is 3.11. The summed E-state index contributed by atoms with van der Waals surface area (Å²) in [7, 11) is -3.63. The molecule has 0 fully saturated rings. The maximum Gasteiger partial charge on any atom is 0.329 e. The van der Waals surface area contributed by atoms with Gasteiger partial charge in [-0.25, -0.2) is 13.2 Å². The normalized spacial score (nSPS) is 13.9. The third-order valence-electron chi connectivity index (χ3n) is 5.88. The zero-order valence-electron chi connectivity index (χ0n) is 19.4. The number of benzene rings is 3. The molecule has 0 saturated carbocycles. The number of hydrogen-bond acceptors (Lipinski definition) is 9. The molecule has 1 atom stereocenters. The number of nitro groups is 1. The van der Waals surface area contributed by atoms with Crippen LogP contribution in [0.2, 0.25) is 0 Å². The summed E-state index contributed by atoms with van der Waals surface area (Å²) in [6.45, 7) is -0.726. The second-order valence-corrected chi connectivity index (χ2v) is 10.7. The molecular formula is C25H20N2O9S. The van der Waals surface area contributed by atoms with Crippen molar-refractivity contribution in [3.05, 3.63) is 87.5 Å². The first-order chi connectivity index (χ1) is 17.5. The number of esters is 1. The molecule has 3 aromatic carbocycles. The van der Waals surface area contributed by atoms with Crippen LogP contribution in [-0.2, 0) is 19.4 Å². The third-order valence-corrected chi connectivity index (χ3v) is 6.86. The van der Waals surface area contributed by atoms with Gasteiger partial charge in [-0.05, 0) is 29.3 Å². The van der Waals surface area contributed by atoms with Gasteiger partial charge in [-0.15, -0.1) is 0 Å². The molecule has 12 heteroatoms. The van der Waals surface area contributed by atoms with Crippen molar-refractivity contribution < 1.29 is 37.3 Å². The first-order valence-electron chi connectivity index (χ1n) is 11.0. The van der Waals surface area contributed by atoms with Gasteiger partial charge in [0.25, 0.3) is 17.5 Å². The van der Waals surface area contributed by atoms with Crippen LogP contribution in [-0.4, -0.2) is 66.5 Å². The molecule has 37 heavy (non-hydrogen) atoms. The Balaban J connectivity index is 1.58. The predicted molar refractivity (Wildman–Crippen MR) is 131 cm³/mol. The van der Waals surface area contributed by atoms with Gasteiger partial charge < -0.3 is 4.74 Å². The van der Waals surface area contributed by atoms with E-state index in [2.05, 4.69) is 0 Å². The first kappa shape index (κ1) is 25.6. The number of amides is 2. The van der Waals surface area contributed by atoms with Crippen molar-refractivity contribution in [3.8, 4) is 0 Å². The van der Waals surface area contributed by atoms with Gasteiger partial charge in [-0.3, -0.25) is 29.4 Å². The summed E-state index contributed by atoms with van der Waals surface area (Å²) in [5, 5.41) is 13.1. The molecule has 3 aromatic rings. The van der Waals surface area contributed by atoms with Gasteiger partial charge in [0, 0.05) is 17.9 Å². The highest BCUT2D eigenvalue weighted by Crippen LogP contribution is 2.33. The summed E-state index contributed by atoms with van der Waals surface area (Å²) in [6, 6.07) is 14.0. The van der Waals surface area contributed by atoms with E-state index in [1.54, 1.807) is 30.3 Å². The van der Waals surface area contributed by atoms with Gasteiger partial charge in [0.15, 0.2) is 12.4 Å². The third kappa shape index (κ3) is 5.23. The van der Waals surface area contributed by atoms with Gasteiger partial charge in [-0.2, -0.15) is 0 Å². The monoisotopic (exact) mass is 524 g/mol. The van der Waals surface area contributed by atoms with Crippen molar-refractivity contribution in [2.45, 2.75) is 12.5 Å². The van der Waals surface area contributed by atoms with Crippen molar-refractivity contribution in [2.75, 3.05) is 18.6 Å². The molecule has 0 saturated heterocycles. The maximum absolute atomic E-state index is 13.1. The van der Waals surface area contributed by atoms with E-state index >= 15 is 0 Å². The van der Waals surface area contributed by atoms with Crippen molar-refractivity contribution in [1.29, 1.82) is 0 Å². The number of nitro benzene ring substituents is 1. The lowest BCUT2D eigenvalue weighted by molar-refractivity contribution is -0.385. The molecule has 190 valence electrons. The maximum atomic E-state index is 13.1. The predicted octanol–water partition coefficient (Wildman–Crippen LogP) is 2.57. The van der Waals surface area contributed by atoms with E-state index in [1.807, 2.05) is 12.1 Å². The molecule has 0 spiro atoms. The van der Waals surface area contributed by atoms with Gasteiger partial charge in [0.1, 0.15) is 21.4 Å². The fourth-order valence-corrected chi connectivity index (χ4v) is 4.73. The number of carbonyl (C=O) groups is 4. The van der Waals surface area contributed by atoms with Crippen molar-refractivity contribution in [1.82, 2.24) is 4.90 Å². The van der Waals surface area contributed by atoms with Crippen LogP contribution in [0.5, 0.6) is 0 Å². The lowest BCUT2D eigenvalue weighted by atomic mass is 10.0. The lowest BCUT2D eigenvalue weighted by Gasteiger charge is -2.24. The van der Waals surface area contributed by atoms with Crippen LogP contribution in [0.25, 0.3) is 10.8 Å². The number of nitrogens with zero attached hydrogens (tertiary/aromatic N) is 2. The van der Waals surface area contributed by atoms with Crippen LogP contribution >= 0.6 is 0 Å². The number of fused-ring (bicyclic) bond motifs is 2. The van der Waals surface area contributed by atoms with Crippen molar-refractivity contribution >= 4 is 49.9 Å². The number of ether oxygens (including phenoxy) is 1. The van der Waals surface area contributed by atoms with E-state index < -0.39 is 74.4 Å². The Morgan fingerprint density at radius 2 is 1.70 bits per heavy atom. The molecule has 0 unspecified atom stereocenters. The minimum Gasteiger partial charge on any atom is -0.456 e. The van der Waals surface area contributed by atoms with Crippen molar-refractivity contribution in [3.63, 3.8) is 0 Å². The van der Waals surface area contributed by atoms with Crippen LogP contribution < -0.4 is 0 Å².